The quantitative estimate of drug-likeness (QED) is 0.599. The summed E-state index contributed by atoms with van der Waals surface area (Å²) in [5, 5.41) is 3.21. The minimum atomic E-state index is -3.57. The van der Waals surface area contributed by atoms with Crippen molar-refractivity contribution in [2.45, 2.75) is 31.2 Å². The van der Waals surface area contributed by atoms with Gasteiger partial charge in [0, 0.05) is 16.8 Å². The standard InChI is InChI=1S/C18H20BrClN2O4S/c1-3-12(2)22-27(24,25)15-7-5-14(6-8-15)21-18(23)11-26-17-9-4-13(20)10-16(17)19/h4-10,12,22H,3,11H2,1-2H3,(H,21,23). The van der Waals surface area contributed by atoms with Crippen LogP contribution in [0.3, 0.4) is 0 Å². The van der Waals surface area contributed by atoms with Crippen molar-refractivity contribution in [1.82, 2.24) is 4.72 Å². The van der Waals surface area contributed by atoms with Gasteiger partial charge in [0.1, 0.15) is 5.75 Å². The zero-order valence-corrected chi connectivity index (χ0v) is 18.0. The minimum Gasteiger partial charge on any atom is -0.483 e. The molecule has 2 N–H and O–H groups in total. The zero-order valence-electron chi connectivity index (χ0n) is 14.8. The van der Waals surface area contributed by atoms with Gasteiger partial charge in [-0.3, -0.25) is 4.79 Å². The Morgan fingerprint density at radius 1 is 1.22 bits per heavy atom. The van der Waals surface area contributed by atoms with Gasteiger partial charge >= 0.3 is 0 Å². The summed E-state index contributed by atoms with van der Waals surface area (Å²) in [6.07, 6.45) is 0.692. The van der Waals surface area contributed by atoms with E-state index in [1.54, 1.807) is 25.1 Å². The molecular weight excluding hydrogens is 456 g/mol. The van der Waals surface area contributed by atoms with Gasteiger partial charge in [-0.1, -0.05) is 18.5 Å². The highest BCUT2D eigenvalue weighted by molar-refractivity contribution is 9.10. The smallest absolute Gasteiger partial charge is 0.262 e. The van der Waals surface area contributed by atoms with Crippen LogP contribution in [0.1, 0.15) is 20.3 Å². The zero-order chi connectivity index (χ0) is 20.0. The lowest BCUT2D eigenvalue weighted by molar-refractivity contribution is -0.118. The molecule has 9 heteroatoms. The van der Waals surface area contributed by atoms with Gasteiger partial charge in [-0.25, -0.2) is 13.1 Å². The molecular formula is C18H20BrClN2O4S. The topological polar surface area (TPSA) is 84.5 Å². The van der Waals surface area contributed by atoms with E-state index in [2.05, 4.69) is 26.0 Å². The van der Waals surface area contributed by atoms with E-state index >= 15 is 0 Å². The van der Waals surface area contributed by atoms with E-state index < -0.39 is 10.0 Å². The highest BCUT2D eigenvalue weighted by Gasteiger charge is 2.16. The van der Waals surface area contributed by atoms with Crippen molar-refractivity contribution in [3.63, 3.8) is 0 Å². The van der Waals surface area contributed by atoms with Gasteiger partial charge in [-0.2, -0.15) is 0 Å². The van der Waals surface area contributed by atoms with Crippen molar-refractivity contribution in [2.24, 2.45) is 0 Å². The number of benzene rings is 2. The Morgan fingerprint density at radius 2 is 1.89 bits per heavy atom. The van der Waals surface area contributed by atoms with E-state index in [0.717, 1.165) is 0 Å². The van der Waals surface area contributed by atoms with Crippen molar-refractivity contribution in [3.05, 3.63) is 52.0 Å². The van der Waals surface area contributed by atoms with E-state index in [1.165, 1.54) is 24.3 Å². The Hall–Kier alpha value is -1.61. The second-order valence-corrected chi connectivity index (χ2v) is 8.87. The fourth-order valence-electron chi connectivity index (χ4n) is 2.07. The summed E-state index contributed by atoms with van der Waals surface area (Å²) in [6.45, 7) is 3.50. The monoisotopic (exact) mass is 474 g/mol. The number of carbonyl (C=O) groups excluding carboxylic acids is 1. The second kappa shape index (κ2) is 9.54. The van der Waals surface area contributed by atoms with Crippen molar-refractivity contribution >= 4 is 49.1 Å². The van der Waals surface area contributed by atoms with Crippen LogP contribution in [0.25, 0.3) is 0 Å². The number of anilines is 1. The summed E-state index contributed by atoms with van der Waals surface area (Å²) in [5.74, 6) is 0.122. The SMILES string of the molecule is CCC(C)NS(=O)(=O)c1ccc(NC(=O)COc2ccc(Cl)cc2Br)cc1. The van der Waals surface area contributed by atoms with Crippen molar-refractivity contribution in [1.29, 1.82) is 0 Å². The summed E-state index contributed by atoms with van der Waals surface area (Å²) in [5.41, 5.74) is 0.473. The van der Waals surface area contributed by atoms with Crippen molar-refractivity contribution in [3.8, 4) is 5.75 Å². The van der Waals surface area contributed by atoms with Gasteiger partial charge in [0.15, 0.2) is 6.61 Å². The molecule has 146 valence electrons. The summed E-state index contributed by atoms with van der Waals surface area (Å²) in [7, 11) is -3.57. The van der Waals surface area contributed by atoms with Crippen LogP contribution in [0.5, 0.6) is 5.75 Å². The van der Waals surface area contributed by atoms with Gasteiger partial charge in [0.05, 0.1) is 9.37 Å². The Balaban J connectivity index is 1.94. The van der Waals surface area contributed by atoms with Gasteiger partial charge < -0.3 is 10.1 Å². The fraction of sp³-hybridized carbons (Fsp3) is 0.278. The number of halogens is 2. The number of rotatable bonds is 8. The molecule has 1 atom stereocenters. The average Bonchev–Trinajstić information content (AvgIpc) is 2.61. The Labute approximate surface area is 172 Å². The van der Waals surface area contributed by atoms with Crippen LogP contribution in [0, 0.1) is 0 Å². The first-order valence-corrected chi connectivity index (χ1v) is 10.9. The molecule has 0 fully saturated rings. The third-order valence-corrected chi connectivity index (χ3v) is 6.13. The number of ether oxygens (including phenoxy) is 1. The summed E-state index contributed by atoms with van der Waals surface area (Å²) < 4.78 is 33.1. The first-order valence-electron chi connectivity index (χ1n) is 8.21. The van der Waals surface area contributed by atoms with Crippen molar-refractivity contribution < 1.29 is 17.9 Å². The highest BCUT2D eigenvalue weighted by Crippen LogP contribution is 2.27. The summed E-state index contributed by atoms with van der Waals surface area (Å²) in [4.78, 5) is 12.2. The Morgan fingerprint density at radius 3 is 2.48 bits per heavy atom. The molecule has 0 aliphatic rings. The number of nitrogens with one attached hydrogen (secondary N) is 2. The summed E-state index contributed by atoms with van der Waals surface area (Å²) >= 11 is 9.16. The molecule has 0 heterocycles. The molecule has 2 aromatic carbocycles. The van der Waals surface area contributed by atoms with Gasteiger partial charge in [-0.05, 0) is 71.7 Å². The summed E-state index contributed by atoms with van der Waals surface area (Å²) in [6, 6.07) is 10.8. The number of carbonyl (C=O) groups is 1. The molecule has 0 radical (unpaired) electrons. The van der Waals surface area contributed by atoms with Crippen molar-refractivity contribution in [2.75, 3.05) is 11.9 Å². The van der Waals surface area contributed by atoms with Crippen LogP contribution in [-0.4, -0.2) is 27.0 Å². The van der Waals surface area contributed by atoms with Crippen LogP contribution < -0.4 is 14.8 Å². The third-order valence-electron chi connectivity index (χ3n) is 3.67. The van der Waals surface area contributed by atoms with Crippen LogP contribution in [0.4, 0.5) is 5.69 Å². The Kier molecular flexibility index (Phi) is 7.67. The molecule has 0 aromatic heterocycles. The van der Waals surface area contributed by atoms with Gasteiger partial charge in [0.25, 0.3) is 5.91 Å². The maximum atomic E-state index is 12.2. The van der Waals surface area contributed by atoms with E-state index in [4.69, 9.17) is 16.3 Å². The molecule has 6 nitrogen and oxygen atoms in total. The molecule has 27 heavy (non-hydrogen) atoms. The number of hydrogen-bond donors (Lipinski definition) is 2. The molecule has 2 aromatic rings. The number of hydrogen-bond acceptors (Lipinski definition) is 4. The lowest BCUT2D eigenvalue weighted by Gasteiger charge is -2.13. The van der Waals surface area contributed by atoms with Crippen LogP contribution in [0.2, 0.25) is 5.02 Å². The second-order valence-electron chi connectivity index (χ2n) is 5.87. The van der Waals surface area contributed by atoms with E-state index in [-0.39, 0.29) is 23.5 Å². The Bertz CT molecular complexity index is 904. The molecule has 0 aliphatic carbocycles. The first-order chi connectivity index (χ1) is 12.7. The largest absolute Gasteiger partial charge is 0.483 e. The molecule has 0 saturated carbocycles. The lowest BCUT2D eigenvalue weighted by Crippen LogP contribution is -2.31. The van der Waals surface area contributed by atoms with Gasteiger partial charge in [-0.15, -0.1) is 0 Å². The fourth-order valence-corrected chi connectivity index (χ4v) is 4.19. The first kappa shape index (κ1) is 21.7. The molecule has 0 aliphatic heterocycles. The van der Waals surface area contributed by atoms with E-state index in [1.807, 2.05) is 6.92 Å². The molecule has 2 rings (SSSR count). The van der Waals surface area contributed by atoms with Crippen LogP contribution in [0.15, 0.2) is 51.8 Å². The third kappa shape index (κ3) is 6.49. The van der Waals surface area contributed by atoms with Gasteiger partial charge in [0.2, 0.25) is 10.0 Å². The maximum Gasteiger partial charge on any atom is 0.262 e. The molecule has 0 bridgehead atoms. The number of sulfonamides is 1. The minimum absolute atomic E-state index is 0.141. The average molecular weight is 476 g/mol. The highest BCUT2D eigenvalue weighted by atomic mass is 79.9. The van der Waals surface area contributed by atoms with Crippen LogP contribution in [-0.2, 0) is 14.8 Å². The van der Waals surface area contributed by atoms with E-state index in [9.17, 15) is 13.2 Å². The molecule has 0 saturated heterocycles. The molecule has 0 spiro atoms. The lowest BCUT2D eigenvalue weighted by atomic mass is 10.3. The normalized spacial score (nSPS) is 12.4. The van der Waals surface area contributed by atoms with Crippen LogP contribution >= 0.6 is 27.5 Å². The molecule has 1 unspecified atom stereocenters. The number of amides is 1. The van der Waals surface area contributed by atoms with E-state index in [0.29, 0.717) is 27.4 Å². The maximum absolute atomic E-state index is 12.2. The molecule has 1 amide bonds. The predicted molar refractivity (Wildman–Crippen MR) is 110 cm³/mol. The predicted octanol–water partition coefficient (Wildman–Crippen LogP) is 4.20.